The monoisotopic (exact) mass is 391 g/mol. The maximum absolute atomic E-state index is 12.3. The normalized spacial score (nSPS) is 10.4. The van der Waals surface area contributed by atoms with E-state index < -0.39 is 0 Å². The number of carbonyl (C=O) groups is 1. The van der Waals surface area contributed by atoms with Crippen LogP contribution in [0.5, 0.6) is 0 Å². The number of rotatable bonds is 8. The Kier molecular flexibility index (Phi) is 6.88. The van der Waals surface area contributed by atoms with Gasteiger partial charge in [0.1, 0.15) is 0 Å². The predicted octanol–water partition coefficient (Wildman–Crippen LogP) is 5.23. The van der Waals surface area contributed by atoms with Crippen LogP contribution in [0.25, 0.3) is 11.3 Å². The number of benzene rings is 2. The summed E-state index contributed by atoms with van der Waals surface area (Å²) in [5.74, 6) is 1.85. The summed E-state index contributed by atoms with van der Waals surface area (Å²) in [5, 5.41) is 11.6. The molecule has 1 N–H and O–H groups in total. The molecule has 5 nitrogen and oxygen atoms in total. The molecule has 1 heterocycles. The van der Waals surface area contributed by atoms with E-state index in [4.69, 9.17) is 9.68 Å². The van der Waals surface area contributed by atoms with Crippen LogP contribution in [0.15, 0.2) is 64.0 Å². The van der Waals surface area contributed by atoms with E-state index >= 15 is 0 Å². The number of para-hydroxylation sites is 1. The predicted molar refractivity (Wildman–Crippen MR) is 111 cm³/mol. The van der Waals surface area contributed by atoms with E-state index in [0.29, 0.717) is 30.2 Å². The summed E-state index contributed by atoms with van der Waals surface area (Å²) >= 11 is 1.56. The fourth-order valence-electron chi connectivity index (χ4n) is 2.61. The summed E-state index contributed by atoms with van der Waals surface area (Å²) in [6.45, 7) is 2.04. The number of nitriles is 1. The van der Waals surface area contributed by atoms with Gasteiger partial charge in [-0.05, 0) is 19.1 Å². The first kappa shape index (κ1) is 19.7. The Morgan fingerprint density at radius 3 is 2.79 bits per heavy atom. The summed E-state index contributed by atoms with van der Waals surface area (Å²) in [7, 11) is 0. The number of oxazole rings is 1. The second kappa shape index (κ2) is 9.77. The molecule has 6 heteroatoms. The standard InChI is InChI=1S/C22H21N3O2S/c1-16-7-9-17(10-8-16)19-15-24-22(27-19)12-11-21(26)25-18-5-2-3-6-20(18)28-14-4-13-23/h2-3,5-10,15H,4,11-12,14H2,1H3,(H,25,26). The van der Waals surface area contributed by atoms with Crippen LogP contribution in [0.2, 0.25) is 0 Å². The maximum Gasteiger partial charge on any atom is 0.224 e. The van der Waals surface area contributed by atoms with Crippen LogP contribution in [0.3, 0.4) is 0 Å². The van der Waals surface area contributed by atoms with Gasteiger partial charge in [0.2, 0.25) is 5.91 Å². The second-order valence-corrected chi connectivity index (χ2v) is 7.42. The zero-order valence-electron chi connectivity index (χ0n) is 15.6. The fraction of sp³-hybridized carbons (Fsp3) is 0.227. The van der Waals surface area contributed by atoms with Gasteiger partial charge in [0.15, 0.2) is 11.7 Å². The molecule has 2 aromatic carbocycles. The van der Waals surface area contributed by atoms with Crippen molar-refractivity contribution in [3.05, 3.63) is 66.2 Å². The van der Waals surface area contributed by atoms with Gasteiger partial charge < -0.3 is 9.73 Å². The van der Waals surface area contributed by atoms with E-state index in [0.717, 1.165) is 16.1 Å². The minimum absolute atomic E-state index is 0.0941. The molecule has 142 valence electrons. The van der Waals surface area contributed by atoms with Crippen LogP contribution in [0.4, 0.5) is 5.69 Å². The van der Waals surface area contributed by atoms with Crippen molar-refractivity contribution in [2.24, 2.45) is 0 Å². The summed E-state index contributed by atoms with van der Waals surface area (Å²) < 4.78 is 5.77. The van der Waals surface area contributed by atoms with Gasteiger partial charge in [-0.25, -0.2) is 4.98 Å². The number of aryl methyl sites for hydroxylation is 2. The van der Waals surface area contributed by atoms with Crippen molar-refractivity contribution < 1.29 is 9.21 Å². The Hall–Kier alpha value is -3.04. The van der Waals surface area contributed by atoms with Crippen LogP contribution in [-0.2, 0) is 11.2 Å². The molecule has 1 amide bonds. The molecule has 0 radical (unpaired) electrons. The number of hydrogen-bond acceptors (Lipinski definition) is 5. The number of aromatic nitrogens is 1. The molecule has 0 saturated carbocycles. The Morgan fingerprint density at radius 1 is 1.21 bits per heavy atom. The van der Waals surface area contributed by atoms with Crippen molar-refractivity contribution in [3.63, 3.8) is 0 Å². The lowest BCUT2D eigenvalue weighted by molar-refractivity contribution is -0.116. The highest BCUT2D eigenvalue weighted by atomic mass is 32.2. The number of thioether (sulfide) groups is 1. The summed E-state index contributed by atoms with van der Waals surface area (Å²) in [6, 6.07) is 17.8. The number of nitrogens with one attached hydrogen (secondary N) is 1. The molecule has 0 aliphatic rings. The Morgan fingerprint density at radius 2 is 2.00 bits per heavy atom. The van der Waals surface area contributed by atoms with Crippen molar-refractivity contribution in [1.29, 1.82) is 5.26 Å². The summed E-state index contributed by atoms with van der Waals surface area (Å²) in [5.41, 5.74) is 2.92. The Balaban J connectivity index is 1.55. The lowest BCUT2D eigenvalue weighted by Crippen LogP contribution is -2.13. The molecule has 28 heavy (non-hydrogen) atoms. The number of anilines is 1. The highest BCUT2D eigenvalue weighted by Gasteiger charge is 2.11. The molecular weight excluding hydrogens is 370 g/mol. The average Bonchev–Trinajstić information content (AvgIpc) is 3.17. The molecule has 0 aliphatic carbocycles. The van der Waals surface area contributed by atoms with Crippen LogP contribution < -0.4 is 5.32 Å². The highest BCUT2D eigenvalue weighted by molar-refractivity contribution is 7.99. The number of carbonyl (C=O) groups excluding carboxylic acids is 1. The van der Waals surface area contributed by atoms with Crippen molar-refractivity contribution in [2.45, 2.75) is 31.1 Å². The number of hydrogen-bond donors (Lipinski definition) is 1. The van der Waals surface area contributed by atoms with Gasteiger partial charge in [-0.3, -0.25) is 4.79 Å². The molecule has 0 aliphatic heterocycles. The minimum Gasteiger partial charge on any atom is -0.441 e. The van der Waals surface area contributed by atoms with Gasteiger partial charge >= 0.3 is 0 Å². The summed E-state index contributed by atoms with van der Waals surface area (Å²) in [4.78, 5) is 17.6. The van der Waals surface area contributed by atoms with Crippen LogP contribution >= 0.6 is 11.8 Å². The van der Waals surface area contributed by atoms with E-state index in [2.05, 4.69) is 16.4 Å². The van der Waals surface area contributed by atoms with E-state index in [1.165, 1.54) is 5.56 Å². The van der Waals surface area contributed by atoms with Crippen molar-refractivity contribution in [2.75, 3.05) is 11.1 Å². The first-order valence-corrected chi connectivity index (χ1v) is 10.0. The van der Waals surface area contributed by atoms with Gasteiger partial charge in [-0.2, -0.15) is 5.26 Å². The van der Waals surface area contributed by atoms with Gasteiger partial charge in [-0.15, -0.1) is 11.8 Å². The molecule has 0 unspecified atom stereocenters. The maximum atomic E-state index is 12.3. The number of amides is 1. The Labute approximate surface area is 168 Å². The van der Waals surface area contributed by atoms with Crippen LogP contribution in [0, 0.1) is 18.3 Å². The van der Waals surface area contributed by atoms with Gasteiger partial charge in [0, 0.05) is 35.5 Å². The SMILES string of the molecule is Cc1ccc(-c2cnc(CCC(=O)Nc3ccccc3SCCC#N)o2)cc1. The largest absolute Gasteiger partial charge is 0.441 e. The van der Waals surface area contributed by atoms with Crippen molar-refractivity contribution in [1.82, 2.24) is 4.98 Å². The molecule has 0 fully saturated rings. The molecule has 0 atom stereocenters. The lowest BCUT2D eigenvalue weighted by atomic mass is 10.1. The van der Waals surface area contributed by atoms with Gasteiger partial charge in [-0.1, -0.05) is 42.0 Å². The van der Waals surface area contributed by atoms with Crippen molar-refractivity contribution in [3.8, 4) is 17.4 Å². The molecule has 0 bridgehead atoms. The smallest absolute Gasteiger partial charge is 0.224 e. The fourth-order valence-corrected chi connectivity index (χ4v) is 3.48. The molecule has 1 aromatic heterocycles. The van der Waals surface area contributed by atoms with E-state index in [9.17, 15) is 4.79 Å². The van der Waals surface area contributed by atoms with Crippen LogP contribution in [0.1, 0.15) is 24.3 Å². The third-order valence-corrected chi connectivity index (χ3v) is 5.16. The lowest BCUT2D eigenvalue weighted by Gasteiger charge is -2.09. The van der Waals surface area contributed by atoms with Gasteiger partial charge in [0.25, 0.3) is 0 Å². The second-order valence-electron chi connectivity index (χ2n) is 6.29. The molecule has 0 spiro atoms. The molecule has 3 rings (SSSR count). The highest BCUT2D eigenvalue weighted by Crippen LogP contribution is 2.27. The molecular formula is C22H21N3O2S. The van der Waals surface area contributed by atoms with E-state index in [1.54, 1.807) is 18.0 Å². The average molecular weight is 391 g/mol. The van der Waals surface area contributed by atoms with Crippen LogP contribution in [-0.4, -0.2) is 16.6 Å². The topological polar surface area (TPSA) is 78.9 Å². The number of nitrogens with zero attached hydrogens (tertiary/aromatic N) is 2. The Bertz CT molecular complexity index is 974. The zero-order chi connectivity index (χ0) is 19.8. The minimum atomic E-state index is -0.0941. The molecule has 0 saturated heterocycles. The quantitative estimate of drug-likeness (QED) is 0.420. The first-order chi connectivity index (χ1) is 13.7. The third kappa shape index (κ3) is 5.48. The molecule has 3 aromatic rings. The third-order valence-electron chi connectivity index (χ3n) is 4.09. The first-order valence-electron chi connectivity index (χ1n) is 9.06. The van der Waals surface area contributed by atoms with E-state index in [-0.39, 0.29) is 12.3 Å². The van der Waals surface area contributed by atoms with E-state index in [1.807, 2.05) is 55.5 Å². The van der Waals surface area contributed by atoms with Gasteiger partial charge in [0.05, 0.1) is 18.0 Å². The summed E-state index contributed by atoms with van der Waals surface area (Å²) in [6.07, 6.45) is 2.88. The zero-order valence-corrected chi connectivity index (χ0v) is 16.5. The van der Waals surface area contributed by atoms with Crippen molar-refractivity contribution >= 4 is 23.4 Å².